The van der Waals surface area contributed by atoms with Crippen molar-refractivity contribution in [1.82, 2.24) is 9.97 Å². The van der Waals surface area contributed by atoms with Gasteiger partial charge in [0.25, 0.3) is 0 Å². The number of halogens is 1. The van der Waals surface area contributed by atoms with Gasteiger partial charge in [-0.25, -0.2) is 9.97 Å². The number of carbonyl (C=O) groups excluding carboxylic acids is 1. The van der Waals surface area contributed by atoms with E-state index in [2.05, 4.69) is 23.8 Å². The minimum atomic E-state index is -0.391. The SMILES string of the molecule is Cc1cc(N(CC(N)=O)CC(C)C)nc(Cl)n1. The number of nitrogens with two attached hydrogens (primary N) is 1. The monoisotopic (exact) mass is 256 g/mol. The van der Waals surface area contributed by atoms with Gasteiger partial charge in [-0.15, -0.1) is 0 Å². The van der Waals surface area contributed by atoms with E-state index in [1.54, 1.807) is 6.07 Å². The number of nitrogens with zero attached hydrogens (tertiary/aromatic N) is 3. The van der Waals surface area contributed by atoms with Gasteiger partial charge in [-0.3, -0.25) is 4.79 Å². The lowest BCUT2D eigenvalue weighted by atomic mass is 10.2. The predicted octanol–water partition coefficient (Wildman–Crippen LogP) is 1.39. The average molecular weight is 257 g/mol. The van der Waals surface area contributed by atoms with Crippen molar-refractivity contribution in [2.45, 2.75) is 20.8 Å². The fraction of sp³-hybridized carbons (Fsp3) is 0.545. The third-order valence-electron chi connectivity index (χ3n) is 2.07. The quantitative estimate of drug-likeness (QED) is 0.808. The van der Waals surface area contributed by atoms with Gasteiger partial charge in [-0.05, 0) is 24.4 Å². The van der Waals surface area contributed by atoms with Gasteiger partial charge in [0.15, 0.2) is 0 Å². The molecule has 6 heteroatoms. The highest BCUT2D eigenvalue weighted by molar-refractivity contribution is 6.28. The lowest BCUT2D eigenvalue weighted by molar-refractivity contribution is -0.116. The minimum absolute atomic E-state index is 0.130. The van der Waals surface area contributed by atoms with Gasteiger partial charge in [0, 0.05) is 18.3 Å². The molecule has 1 heterocycles. The molecular weight excluding hydrogens is 240 g/mol. The Hall–Kier alpha value is -1.36. The number of rotatable bonds is 5. The van der Waals surface area contributed by atoms with Crippen LogP contribution in [-0.2, 0) is 4.79 Å². The molecule has 0 spiro atoms. The summed E-state index contributed by atoms with van der Waals surface area (Å²) >= 11 is 5.80. The number of aryl methyl sites for hydroxylation is 1. The van der Waals surface area contributed by atoms with E-state index in [4.69, 9.17) is 17.3 Å². The molecule has 1 aromatic rings. The first kappa shape index (κ1) is 13.7. The van der Waals surface area contributed by atoms with Gasteiger partial charge in [0.05, 0.1) is 6.54 Å². The van der Waals surface area contributed by atoms with Crippen LogP contribution < -0.4 is 10.6 Å². The second kappa shape index (κ2) is 5.82. The lowest BCUT2D eigenvalue weighted by Crippen LogP contribution is -2.36. The number of carbonyl (C=O) groups is 1. The summed E-state index contributed by atoms with van der Waals surface area (Å²) in [6.45, 7) is 6.77. The number of primary amides is 1. The highest BCUT2D eigenvalue weighted by Crippen LogP contribution is 2.16. The van der Waals surface area contributed by atoms with E-state index in [0.717, 1.165) is 5.69 Å². The summed E-state index contributed by atoms with van der Waals surface area (Å²) in [4.78, 5) is 21.0. The van der Waals surface area contributed by atoms with Crippen molar-refractivity contribution < 1.29 is 4.79 Å². The van der Waals surface area contributed by atoms with Crippen LogP contribution in [0.3, 0.4) is 0 Å². The topological polar surface area (TPSA) is 72.1 Å². The Morgan fingerprint density at radius 2 is 2.18 bits per heavy atom. The Morgan fingerprint density at radius 1 is 1.53 bits per heavy atom. The van der Waals surface area contributed by atoms with Crippen LogP contribution in [0.4, 0.5) is 5.82 Å². The van der Waals surface area contributed by atoms with Gasteiger partial charge in [-0.2, -0.15) is 0 Å². The molecule has 1 aromatic heterocycles. The van der Waals surface area contributed by atoms with E-state index in [-0.39, 0.29) is 11.8 Å². The summed E-state index contributed by atoms with van der Waals surface area (Å²) < 4.78 is 0. The van der Waals surface area contributed by atoms with Gasteiger partial charge in [0.1, 0.15) is 5.82 Å². The third kappa shape index (κ3) is 4.56. The van der Waals surface area contributed by atoms with E-state index in [1.807, 2.05) is 11.8 Å². The molecule has 94 valence electrons. The van der Waals surface area contributed by atoms with Crippen LogP contribution in [0.5, 0.6) is 0 Å². The molecule has 0 bridgehead atoms. The maximum absolute atomic E-state index is 11.0. The molecule has 1 amide bonds. The van der Waals surface area contributed by atoms with E-state index in [9.17, 15) is 4.79 Å². The Morgan fingerprint density at radius 3 is 2.65 bits per heavy atom. The molecule has 5 nitrogen and oxygen atoms in total. The van der Waals surface area contributed by atoms with Gasteiger partial charge < -0.3 is 10.6 Å². The summed E-state index contributed by atoms with van der Waals surface area (Å²) in [7, 11) is 0. The highest BCUT2D eigenvalue weighted by Gasteiger charge is 2.13. The van der Waals surface area contributed by atoms with Gasteiger partial charge in [-0.1, -0.05) is 13.8 Å². The number of amides is 1. The number of hydrogen-bond acceptors (Lipinski definition) is 4. The van der Waals surface area contributed by atoms with Crippen LogP contribution in [0.15, 0.2) is 6.07 Å². The zero-order valence-corrected chi connectivity index (χ0v) is 11.0. The van der Waals surface area contributed by atoms with Crippen molar-refractivity contribution in [3.05, 3.63) is 17.0 Å². The van der Waals surface area contributed by atoms with Crippen molar-refractivity contribution in [2.24, 2.45) is 11.7 Å². The van der Waals surface area contributed by atoms with Crippen LogP contribution in [0.2, 0.25) is 5.28 Å². The molecule has 0 aliphatic heterocycles. The second-order valence-corrected chi connectivity index (χ2v) is 4.72. The molecule has 17 heavy (non-hydrogen) atoms. The summed E-state index contributed by atoms with van der Waals surface area (Å²) in [5, 5.41) is 0.179. The van der Waals surface area contributed by atoms with E-state index < -0.39 is 5.91 Å². The van der Waals surface area contributed by atoms with Crippen molar-refractivity contribution in [1.29, 1.82) is 0 Å². The number of aromatic nitrogens is 2. The molecule has 0 aliphatic carbocycles. The molecule has 0 saturated carbocycles. The largest absolute Gasteiger partial charge is 0.368 e. The van der Waals surface area contributed by atoms with Crippen molar-refractivity contribution in [3.63, 3.8) is 0 Å². The van der Waals surface area contributed by atoms with Crippen LogP contribution in [0.25, 0.3) is 0 Å². The molecule has 0 aromatic carbocycles. The van der Waals surface area contributed by atoms with E-state index in [0.29, 0.717) is 18.3 Å². The van der Waals surface area contributed by atoms with Gasteiger partial charge >= 0.3 is 0 Å². The lowest BCUT2D eigenvalue weighted by Gasteiger charge is -2.24. The van der Waals surface area contributed by atoms with Crippen LogP contribution in [0.1, 0.15) is 19.5 Å². The maximum Gasteiger partial charge on any atom is 0.236 e. The Labute approximate surface area is 106 Å². The highest BCUT2D eigenvalue weighted by atomic mass is 35.5. The first-order valence-corrected chi connectivity index (χ1v) is 5.80. The standard InChI is InChI=1S/C11H17ClN4O/c1-7(2)5-16(6-9(13)17)10-4-8(3)14-11(12)15-10/h4,7H,5-6H2,1-3H3,(H2,13,17). The summed E-state index contributed by atoms with van der Waals surface area (Å²) in [5.74, 6) is 0.636. The zero-order valence-electron chi connectivity index (χ0n) is 10.3. The molecule has 0 radical (unpaired) electrons. The average Bonchev–Trinajstić information content (AvgIpc) is 2.13. The molecule has 0 saturated heterocycles. The first-order chi connectivity index (χ1) is 7.88. The molecular formula is C11H17ClN4O. The fourth-order valence-corrected chi connectivity index (χ4v) is 1.77. The third-order valence-corrected chi connectivity index (χ3v) is 2.24. The summed E-state index contributed by atoms with van der Waals surface area (Å²) in [6, 6.07) is 1.79. The van der Waals surface area contributed by atoms with Crippen molar-refractivity contribution >= 4 is 23.3 Å². The Balaban J connectivity index is 2.98. The van der Waals surface area contributed by atoms with Crippen LogP contribution in [-0.4, -0.2) is 29.0 Å². The maximum atomic E-state index is 11.0. The molecule has 0 atom stereocenters. The smallest absolute Gasteiger partial charge is 0.236 e. The normalized spacial score (nSPS) is 10.6. The number of anilines is 1. The molecule has 0 unspecified atom stereocenters. The molecule has 0 fully saturated rings. The molecule has 0 aliphatic rings. The Bertz CT molecular complexity index is 388. The minimum Gasteiger partial charge on any atom is -0.368 e. The van der Waals surface area contributed by atoms with Crippen LogP contribution in [0, 0.1) is 12.8 Å². The molecule has 1 rings (SSSR count). The Kier molecular flexibility index (Phi) is 4.69. The van der Waals surface area contributed by atoms with Crippen molar-refractivity contribution in [2.75, 3.05) is 18.0 Å². The fourth-order valence-electron chi connectivity index (χ4n) is 1.55. The summed E-state index contributed by atoms with van der Waals surface area (Å²) in [6.07, 6.45) is 0. The summed E-state index contributed by atoms with van der Waals surface area (Å²) in [5.41, 5.74) is 5.99. The first-order valence-electron chi connectivity index (χ1n) is 5.43. The van der Waals surface area contributed by atoms with Crippen LogP contribution >= 0.6 is 11.6 Å². The second-order valence-electron chi connectivity index (χ2n) is 4.38. The molecule has 2 N–H and O–H groups in total. The zero-order chi connectivity index (χ0) is 13.0. The van der Waals surface area contributed by atoms with E-state index >= 15 is 0 Å². The van der Waals surface area contributed by atoms with Gasteiger partial charge in [0.2, 0.25) is 11.2 Å². The predicted molar refractivity (Wildman–Crippen MR) is 68.0 cm³/mol. The number of hydrogen-bond donors (Lipinski definition) is 1. The van der Waals surface area contributed by atoms with Crippen molar-refractivity contribution in [3.8, 4) is 0 Å². The van der Waals surface area contributed by atoms with E-state index in [1.165, 1.54) is 0 Å².